The van der Waals surface area contributed by atoms with Crippen molar-refractivity contribution in [3.05, 3.63) is 29.6 Å². The van der Waals surface area contributed by atoms with Crippen LogP contribution < -0.4 is 0 Å². The molecule has 18 heavy (non-hydrogen) atoms. The van der Waals surface area contributed by atoms with Crippen LogP contribution in [0.15, 0.2) is 18.2 Å². The number of imidazole rings is 1. The average Bonchev–Trinajstić information content (AvgIpc) is 2.64. The maximum Gasteiger partial charge on any atom is 0.416 e. The van der Waals surface area contributed by atoms with E-state index in [2.05, 4.69) is 4.98 Å². The third-order valence-corrected chi connectivity index (χ3v) is 2.74. The molecule has 98 valence electrons. The first-order chi connectivity index (χ1) is 8.47. The van der Waals surface area contributed by atoms with Gasteiger partial charge in [-0.1, -0.05) is 0 Å². The number of aryl methyl sites for hydroxylation is 1. The largest absolute Gasteiger partial charge is 0.416 e. The molecule has 0 spiro atoms. The van der Waals surface area contributed by atoms with E-state index in [9.17, 15) is 13.2 Å². The second-order valence-corrected chi connectivity index (χ2v) is 3.91. The Morgan fingerprint density at radius 2 is 2.06 bits per heavy atom. The highest BCUT2D eigenvalue weighted by molar-refractivity contribution is 5.77. The molecular weight excluding hydrogens is 245 g/mol. The minimum absolute atomic E-state index is 0.282. The zero-order valence-corrected chi connectivity index (χ0v) is 10.1. The van der Waals surface area contributed by atoms with Gasteiger partial charge in [0.05, 0.1) is 16.6 Å². The van der Waals surface area contributed by atoms with Gasteiger partial charge in [0, 0.05) is 13.7 Å². The van der Waals surface area contributed by atoms with Gasteiger partial charge in [0.2, 0.25) is 0 Å². The molecule has 0 fully saturated rings. The van der Waals surface area contributed by atoms with E-state index in [4.69, 9.17) is 4.74 Å². The van der Waals surface area contributed by atoms with Crippen molar-refractivity contribution in [2.75, 3.05) is 7.11 Å². The molecule has 3 nitrogen and oxygen atoms in total. The molecule has 2 aromatic rings. The molecule has 1 aromatic carbocycles. The Bertz CT molecular complexity index is 560. The average molecular weight is 258 g/mol. The maximum atomic E-state index is 12.6. The lowest BCUT2D eigenvalue weighted by molar-refractivity contribution is -0.137. The van der Waals surface area contributed by atoms with E-state index < -0.39 is 11.7 Å². The SMILES string of the molecule is CCn1c(COC)nc2cc(C(F)(F)F)ccc21. The van der Waals surface area contributed by atoms with E-state index in [1.807, 2.05) is 11.5 Å². The lowest BCUT2D eigenvalue weighted by Crippen LogP contribution is -2.04. The topological polar surface area (TPSA) is 27.1 Å². The van der Waals surface area contributed by atoms with Crippen molar-refractivity contribution in [2.24, 2.45) is 0 Å². The highest BCUT2D eigenvalue weighted by atomic mass is 19.4. The number of benzene rings is 1. The molecular formula is C12H13F3N2O. The summed E-state index contributed by atoms with van der Waals surface area (Å²) in [5.74, 6) is 0.634. The molecule has 0 saturated heterocycles. The summed E-state index contributed by atoms with van der Waals surface area (Å²) in [6, 6.07) is 3.60. The molecule has 0 radical (unpaired) electrons. The van der Waals surface area contributed by atoms with Crippen LogP contribution in [0.2, 0.25) is 0 Å². The number of hydrogen-bond donors (Lipinski definition) is 0. The van der Waals surface area contributed by atoms with Crippen LogP contribution in [0.25, 0.3) is 11.0 Å². The molecule has 0 aliphatic carbocycles. The fourth-order valence-corrected chi connectivity index (χ4v) is 1.95. The van der Waals surface area contributed by atoms with Crippen LogP contribution in [-0.4, -0.2) is 16.7 Å². The molecule has 1 heterocycles. The highest BCUT2D eigenvalue weighted by Gasteiger charge is 2.31. The Balaban J connectivity index is 2.58. The molecule has 0 N–H and O–H groups in total. The number of halogens is 3. The Labute approximate surface area is 102 Å². The van der Waals surface area contributed by atoms with E-state index in [1.165, 1.54) is 13.2 Å². The van der Waals surface area contributed by atoms with E-state index in [-0.39, 0.29) is 6.61 Å². The number of aromatic nitrogens is 2. The summed E-state index contributed by atoms with van der Waals surface area (Å²) in [7, 11) is 1.53. The van der Waals surface area contributed by atoms with E-state index in [0.717, 1.165) is 12.1 Å². The van der Waals surface area contributed by atoms with Crippen LogP contribution in [0.4, 0.5) is 13.2 Å². The molecule has 0 amide bonds. The van der Waals surface area contributed by atoms with Crippen molar-refractivity contribution in [2.45, 2.75) is 26.3 Å². The van der Waals surface area contributed by atoms with E-state index >= 15 is 0 Å². The zero-order valence-electron chi connectivity index (χ0n) is 10.1. The number of hydrogen-bond acceptors (Lipinski definition) is 2. The number of fused-ring (bicyclic) bond motifs is 1. The summed E-state index contributed by atoms with van der Waals surface area (Å²) in [5.41, 5.74) is 0.357. The first-order valence-corrected chi connectivity index (χ1v) is 5.52. The van der Waals surface area contributed by atoms with Crippen LogP contribution in [0.1, 0.15) is 18.3 Å². The number of nitrogens with zero attached hydrogens (tertiary/aromatic N) is 2. The second kappa shape index (κ2) is 4.61. The third kappa shape index (κ3) is 2.20. The molecule has 0 unspecified atom stereocenters. The van der Waals surface area contributed by atoms with Crippen LogP contribution in [0, 0.1) is 0 Å². The molecule has 0 aliphatic rings. The van der Waals surface area contributed by atoms with Gasteiger partial charge in [-0.25, -0.2) is 4.98 Å². The maximum absolute atomic E-state index is 12.6. The van der Waals surface area contributed by atoms with E-state index in [1.54, 1.807) is 0 Å². The summed E-state index contributed by atoms with van der Waals surface area (Å²) in [6.07, 6.45) is -4.34. The molecule has 0 bridgehead atoms. The minimum Gasteiger partial charge on any atom is -0.377 e. The summed E-state index contributed by atoms with van der Waals surface area (Å²) >= 11 is 0. The number of ether oxygens (including phenoxy) is 1. The third-order valence-electron chi connectivity index (χ3n) is 2.74. The lowest BCUT2D eigenvalue weighted by atomic mass is 10.2. The first-order valence-electron chi connectivity index (χ1n) is 5.52. The molecule has 1 aromatic heterocycles. The Morgan fingerprint density at radius 1 is 1.33 bits per heavy atom. The van der Waals surface area contributed by atoms with Gasteiger partial charge in [-0.15, -0.1) is 0 Å². The molecule has 0 atom stereocenters. The Hall–Kier alpha value is -1.56. The smallest absolute Gasteiger partial charge is 0.377 e. The van der Waals surface area contributed by atoms with Crippen molar-refractivity contribution < 1.29 is 17.9 Å². The van der Waals surface area contributed by atoms with Gasteiger partial charge in [-0.05, 0) is 25.1 Å². The summed E-state index contributed by atoms with van der Waals surface area (Å²) < 4.78 is 44.6. The van der Waals surface area contributed by atoms with Crippen molar-refractivity contribution >= 4 is 11.0 Å². The Kier molecular flexibility index (Phi) is 3.30. The van der Waals surface area contributed by atoms with E-state index in [0.29, 0.717) is 23.4 Å². The van der Waals surface area contributed by atoms with Crippen LogP contribution in [0.3, 0.4) is 0 Å². The summed E-state index contributed by atoms with van der Waals surface area (Å²) in [5, 5.41) is 0. The first kappa shape index (κ1) is 12.9. The normalized spacial score (nSPS) is 12.3. The van der Waals surface area contributed by atoms with Gasteiger partial charge in [-0.3, -0.25) is 0 Å². The molecule has 0 saturated carbocycles. The molecule has 0 aliphatic heterocycles. The Morgan fingerprint density at radius 3 is 2.61 bits per heavy atom. The lowest BCUT2D eigenvalue weighted by Gasteiger charge is -2.07. The van der Waals surface area contributed by atoms with Gasteiger partial charge in [-0.2, -0.15) is 13.2 Å². The van der Waals surface area contributed by atoms with Crippen molar-refractivity contribution in [1.82, 2.24) is 9.55 Å². The number of methoxy groups -OCH3 is 1. The predicted octanol–water partition coefficient (Wildman–Crippen LogP) is 3.22. The summed E-state index contributed by atoms with van der Waals surface area (Å²) in [4.78, 5) is 4.19. The van der Waals surface area contributed by atoms with Crippen LogP contribution in [-0.2, 0) is 24.1 Å². The number of alkyl halides is 3. The van der Waals surface area contributed by atoms with Crippen molar-refractivity contribution in [1.29, 1.82) is 0 Å². The van der Waals surface area contributed by atoms with Gasteiger partial charge < -0.3 is 9.30 Å². The van der Waals surface area contributed by atoms with Gasteiger partial charge >= 0.3 is 6.18 Å². The summed E-state index contributed by atoms with van der Waals surface area (Å²) in [6.45, 7) is 2.84. The van der Waals surface area contributed by atoms with Crippen LogP contribution in [0.5, 0.6) is 0 Å². The van der Waals surface area contributed by atoms with Gasteiger partial charge in [0.15, 0.2) is 0 Å². The quantitative estimate of drug-likeness (QED) is 0.845. The van der Waals surface area contributed by atoms with Crippen molar-refractivity contribution in [3.8, 4) is 0 Å². The standard InChI is InChI=1S/C12H13F3N2O/c1-3-17-10-5-4-8(12(13,14)15)6-9(10)16-11(17)7-18-2/h4-6H,3,7H2,1-2H3. The van der Waals surface area contributed by atoms with Gasteiger partial charge in [0.25, 0.3) is 0 Å². The monoisotopic (exact) mass is 258 g/mol. The fourth-order valence-electron chi connectivity index (χ4n) is 1.95. The molecule has 6 heteroatoms. The van der Waals surface area contributed by atoms with Crippen LogP contribution >= 0.6 is 0 Å². The predicted molar refractivity (Wildman–Crippen MR) is 61.1 cm³/mol. The number of rotatable bonds is 3. The zero-order chi connectivity index (χ0) is 13.3. The molecule has 2 rings (SSSR count). The second-order valence-electron chi connectivity index (χ2n) is 3.91. The van der Waals surface area contributed by atoms with Gasteiger partial charge in [0.1, 0.15) is 12.4 Å². The fraction of sp³-hybridized carbons (Fsp3) is 0.417. The highest BCUT2D eigenvalue weighted by Crippen LogP contribution is 2.31. The van der Waals surface area contributed by atoms with Crippen molar-refractivity contribution in [3.63, 3.8) is 0 Å². The minimum atomic E-state index is -4.34.